The summed E-state index contributed by atoms with van der Waals surface area (Å²) in [5, 5.41) is 6.43. The molecular formula is C14H27ClN2O2. The number of nitrogens with one attached hydrogen (secondary N) is 2. The molecule has 0 aromatic rings. The summed E-state index contributed by atoms with van der Waals surface area (Å²) in [5.74, 6) is 1.21. The van der Waals surface area contributed by atoms with Crippen LogP contribution in [0.3, 0.4) is 0 Å². The van der Waals surface area contributed by atoms with Crippen molar-refractivity contribution in [3.63, 3.8) is 0 Å². The highest BCUT2D eigenvalue weighted by Crippen LogP contribution is 2.26. The Balaban J connectivity index is 0.00000180. The van der Waals surface area contributed by atoms with Crippen LogP contribution < -0.4 is 10.6 Å². The first kappa shape index (κ1) is 16.7. The lowest BCUT2D eigenvalue weighted by Crippen LogP contribution is -2.37. The van der Waals surface area contributed by atoms with Crippen LogP contribution in [-0.4, -0.2) is 37.7 Å². The summed E-state index contributed by atoms with van der Waals surface area (Å²) < 4.78 is 5.73. The lowest BCUT2D eigenvalue weighted by molar-refractivity contribution is -0.121. The van der Waals surface area contributed by atoms with E-state index >= 15 is 0 Å². The number of carbonyl (C=O) groups excluding carboxylic acids is 1. The number of ether oxygens (including phenoxy) is 1. The number of hydrogen-bond donors (Lipinski definition) is 2. The van der Waals surface area contributed by atoms with Crippen LogP contribution in [0.4, 0.5) is 0 Å². The third kappa shape index (κ3) is 4.93. The van der Waals surface area contributed by atoms with Gasteiger partial charge in [-0.25, -0.2) is 0 Å². The van der Waals surface area contributed by atoms with Gasteiger partial charge in [0.25, 0.3) is 0 Å². The molecule has 2 aliphatic heterocycles. The van der Waals surface area contributed by atoms with E-state index in [1.165, 1.54) is 6.42 Å². The van der Waals surface area contributed by atoms with Crippen molar-refractivity contribution in [3.8, 4) is 0 Å². The van der Waals surface area contributed by atoms with Crippen LogP contribution in [0.25, 0.3) is 0 Å². The van der Waals surface area contributed by atoms with Gasteiger partial charge in [-0.3, -0.25) is 4.79 Å². The molecule has 0 aromatic carbocycles. The van der Waals surface area contributed by atoms with E-state index in [1.54, 1.807) is 0 Å². The first-order chi connectivity index (χ1) is 8.66. The van der Waals surface area contributed by atoms with Gasteiger partial charge in [-0.1, -0.05) is 13.8 Å². The number of hydrogen-bond acceptors (Lipinski definition) is 3. The van der Waals surface area contributed by atoms with E-state index < -0.39 is 0 Å². The normalized spacial score (nSPS) is 30.4. The summed E-state index contributed by atoms with van der Waals surface area (Å²) in [6, 6.07) is 0.394. The van der Waals surface area contributed by atoms with Crippen LogP contribution in [0, 0.1) is 11.8 Å². The van der Waals surface area contributed by atoms with Crippen molar-refractivity contribution in [2.24, 2.45) is 11.8 Å². The minimum Gasteiger partial charge on any atom is -0.378 e. The fourth-order valence-electron chi connectivity index (χ4n) is 3.08. The number of rotatable bonds is 5. The van der Waals surface area contributed by atoms with E-state index in [0.717, 1.165) is 32.5 Å². The topological polar surface area (TPSA) is 50.4 Å². The van der Waals surface area contributed by atoms with Crippen LogP contribution in [0.15, 0.2) is 0 Å². The maximum atomic E-state index is 11.8. The van der Waals surface area contributed by atoms with E-state index in [4.69, 9.17) is 4.74 Å². The Morgan fingerprint density at radius 1 is 1.42 bits per heavy atom. The van der Waals surface area contributed by atoms with Gasteiger partial charge >= 0.3 is 0 Å². The van der Waals surface area contributed by atoms with Gasteiger partial charge in [0, 0.05) is 31.5 Å². The minimum absolute atomic E-state index is 0. The van der Waals surface area contributed by atoms with E-state index in [1.807, 2.05) is 0 Å². The Hall–Kier alpha value is -0.320. The fraction of sp³-hybridized carbons (Fsp3) is 0.929. The first-order valence-corrected chi connectivity index (χ1v) is 7.28. The summed E-state index contributed by atoms with van der Waals surface area (Å²) in [4.78, 5) is 11.8. The zero-order valence-corrected chi connectivity index (χ0v) is 12.8. The molecule has 0 radical (unpaired) electrons. The van der Waals surface area contributed by atoms with E-state index in [-0.39, 0.29) is 18.3 Å². The van der Waals surface area contributed by atoms with Crippen LogP contribution >= 0.6 is 12.4 Å². The molecule has 4 nitrogen and oxygen atoms in total. The van der Waals surface area contributed by atoms with Gasteiger partial charge in [0.05, 0.1) is 6.10 Å². The molecule has 1 amide bonds. The molecule has 2 aliphatic rings. The van der Waals surface area contributed by atoms with Crippen LogP contribution in [0.1, 0.15) is 39.5 Å². The SMILES string of the molecule is CC(C)C1OCCC1CNC(=O)CC1CCCN1.Cl. The van der Waals surface area contributed by atoms with Crippen molar-refractivity contribution in [3.05, 3.63) is 0 Å². The third-order valence-corrected chi connectivity index (χ3v) is 4.08. The molecule has 2 heterocycles. The van der Waals surface area contributed by atoms with E-state index in [9.17, 15) is 4.79 Å². The van der Waals surface area contributed by atoms with Crippen molar-refractivity contribution < 1.29 is 9.53 Å². The molecule has 19 heavy (non-hydrogen) atoms. The summed E-state index contributed by atoms with van der Waals surface area (Å²) in [7, 11) is 0. The van der Waals surface area contributed by atoms with Gasteiger partial charge in [0.15, 0.2) is 0 Å². The Bertz CT molecular complexity index is 281. The Morgan fingerprint density at radius 3 is 2.84 bits per heavy atom. The standard InChI is InChI=1S/C14H26N2O2.ClH/c1-10(2)14-11(5-7-18-14)9-16-13(17)8-12-4-3-6-15-12;/h10-12,14-15H,3-9H2,1-2H3,(H,16,17);1H. The van der Waals surface area contributed by atoms with Gasteiger partial charge < -0.3 is 15.4 Å². The van der Waals surface area contributed by atoms with Crippen LogP contribution in [-0.2, 0) is 9.53 Å². The lowest BCUT2D eigenvalue weighted by atomic mass is 9.93. The number of amides is 1. The predicted octanol–water partition coefficient (Wildman–Crippen LogP) is 1.73. The molecule has 3 atom stereocenters. The maximum absolute atomic E-state index is 11.8. The van der Waals surface area contributed by atoms with Crippen molar-refractivity contribution in [2.45, 2.75) is 51.7 Å². The molecule has 5 heteroatoms. The van der Waals surface area contributed by atoms with Crippen molar-refractivity contribution in [2.75, 3.05) is 19.7 Å². The van der Waals surface area contributed by atoms with Crippen LogP contribution in [0.5, 0.6) is 0 Å². The molecule has 0 saturated carbocycles. The summed E-state index contributed by atoms with van der Waals surface area (Å²) in [5.41, 5.74) is 0. The predicted molar refractivity (Wildman–Crippen MR) is 78.6 cm³/mol. The highest BCUT2D eigenvalue weighted by atomic mass is 35.5. The van der Waals surface area contributed by atoms with Gasteiger partial charge in [-0.15, -0.1) is 12.4 Å². The Morgan fingerprint density at radius 2 is 2.21 bits per heavy atom. The molecule has 112 valence electrons. The average Bonchev–Trinajstić information content (AvgIpc) is 2.96. The molecule has 0 bridgehead atoms. The van der Waals surface area contributed by atoms with Crippen molar-refractivity contribution in [1.29, 1.82) is 0 Å². The van der Waals surface area contributed by atoms with Crippen molar-refractivity contribution >= 4 is 18.3 Å². The quantitative estimate of drug-likeness (QED) is 0.811. The van der Waals surface area contributed by atoms with Gasteiger partial charge in [-0.05, 0) is 31.7 Å². The Kier molecular flexibility index (Phi) is 7.11. The molecule has 2 fully saturated rings. The zero-order chi connectivity index (χ0) is 13.0. The highest BCUT2D eigenvalue weighted by molar-refractivity contribution is 5.85. The van der Waals surface area contributed by atoms with Gasteiger partial charge in [0.2, 0.25) is 5.91 Å². The number of halogens is 1. The van der Waals surface area contributed by atoms with Gasteiger partial charge in [0.1, 0.15) is 0 Å². The molecule has 2 rings (SSSR count). The maximum Gasteiger partial charge on any atom is 0.221 e. The second-order valence-corrected chi connectivity index (χ2v) is 5.93. The van der Waals surface area contributed by atoms with Crippen LogP contribution in [0.2, 0.25) is 0 Å². The third-order valence-electron chi connectivity index (χ3n) is 4.08. The lowest BCUT2D eigenvalue weighted by Gasteiger charge is -2.22. The minimum atomic E-state index is 0. The molecular weight excluding hydrogens is 264 g/mol. The molecule has 0 aromatic heterocycles. The first-order valence-electron chi connectivity index (χ1n) is 7.28. The Labute approximate surface area is 122 Å². The van der Waals surface area contributed by atoms with Gasteiger partial charge in [-0.2, -0.15) is 0 Å². The van der Waals surface area contributed by atoms with E-state index in [2.05, 4.69) is 24.5 Å². The summed E-state index contributed by atoms with van der Waals surface area (Å²) in [6.45, 7) is 7.05. The summed E-state index contributed by atoms with van der Waals surface area (Å²) >= 11 is 0. The van der Waals surface area contributed by atoms with Crippen molar-refractivity contribution in [1.82, 2.24) is 10.6 Å². The number of carbonyl (C=O) groups is 1. The molecule has 0 spiro atoms. The summed E-state index contributed by atoms with van der Waals surface area (Å²) in [6.07, 6.45) is 4.35. The second-order valence-electron chi connectivity index (χ2n) is 5.93. The largest absolute Gasteiger partial charge is 0.378 e. The average molecular weight is 291 g/mol. The molecule has 2 N–H and O–H groups in total. The monoisotopic (exact) mass is 290 g/mol. The highest BCUT2D eigenvalue weighted by Gasteiger charge is 2.30. The molecule has 0 aliphatic carbocycles. The molecule has 3 unspecified atom stereocenters. The second kappa shape index (κ2) is 8.08. The zero-order valence-electron chi connectivity index (χ0n) is 12.0. The fourth-order valence-corrected chi connectivity index (χ4v) is 3.08. The van der Waals surface area contributed by atoms with E-state index in [0.29, 0.717) is 30.4 Å². The molecule has 2 saturated heterocycles. The smallest absolute Gasteiger partial charge is 0.221 e.